The van der Waals surface area contributed by atoms with Crippen molar-refractivity contribution in [3.63, 3.8) is 0 Å². The Labute approximate surface area is 154 Å². The van der Waals surface area contributed by atoms with E-state index in [4.69, 9.17) is 9.47 Å². The number of hydrogen-bond donors (Lipinski definition) is 0. The monoisotopic (exact) mass is 358 g/mol. The molecule has 3 rings (SSSR count). The third kappa shape index (κ3) is 3.84. The van der Waals surface area contributed by atoms with Gasteiger partial charge in [-0.15, -0.1) is 0 Å². The van der Waals surface area contributed by atoms with Crippen molar-refractivity contribution in [3.8, 4) is 0 Å². The van der Waals surface area contributed by atoms with E-state index in [1.54, 1.807) is 9.80 Å². The van der Waals surface area contributed by atoms with Crippen LogP contribution in [-0.2, 0) is 14.3 Å². The maximum absolute atomic E-state index is 12.5. The number of hydrogen-bond acceptors (Lipinski definition) is 4. The fourth-order valence-electron chi connectivity index (χ4n) is 3.35. The van der Waals surface area contributed by atoms with E-state index in [1.807, 2.05) is 51.1 Å². The zero-order valence-electron chi connectivity index (χ0n) is 15.7. The van der Waals surface area contributed by atoms with Crippen molar-refractivity contribution in [2.24, 2.45) is 0 Å². The lowest BCUT2D eigenvalue weighted by atomic mass is 9.89. The van der Waals surface area contributed by atoms with Crippen molar-refractivity contribution >= 4 is 17.7 Å². The molecule has 0 saturated carbocycles. The molecule has 2 heterocycles. The number of rotatable bonds is 1. The summed E-state index contributed by atoms with van der Waals surface area (Å²) in [7, 11) is 0. The average molecular weight is 358 g/mol. The van der Waals surface area contributed by atoms with Gasteiger partial charge in [0.15, 0.2) is 5.76 Å². The maximum atomic E-state index is 12.5. The molecule has 0 unspecified atom stereocenters. The fraction of sp³-hybridized carbons (Fsp3) is 0.500. The predicted octanol–water partition coefficient (Wildman–Crippen LogP) is 3.33. The van der Waals surface area contributed by atoms with Crippen molar-refractivity contribution < 1.29 is 19.1 Å². The van der Waals surface area contributed by atoms with E-state index >= 15 is 0 Å². The van der Waals surface area contributed by atoms with Crippen LogP contribution in [0.1, 0.15) is 33.6 Å². The maximum Gasteiger partial charge on any atom is 0.410 e. The lowest BCUT2D eigenvalue weighted by molar-refractivity contribution is -0.131. The molecule has 0 aliphatic carbocycles. The van der Waals surface area contributed by atoms with Crippen LogP contribution in [0.4, 0.5) is 10.5 Å². The number of nitrogens with zero attached hydrogens (tertiary/aromatic N) is 2. The number of likely N-dealkylation sites (tertiary alicyclic amines) is 1. The van der Waals surface area contributed by atoms with Gasteiger partial charge in [0.25, 0.3) is 5.91 Å². The Balaban J connectivity index is 1.70. The summed E-state index contributed by atoms with van der Waals surface area (Å²) in [6.07, 6.45) is 0.946. The standard InChI is InChI=1S/C20H26N2O4/c1-15-17(23)22(16-8-6-5-7-9-16)14-20(25-15)10-12-21(13-11-20)18(24)26-19(2,3)4/h5-9H,1,10-14H2,2-4H3. The first-order valence-electron chi connectivity index (χ1n) is 8.92. The predicted molar refractivity (Wildman–Crippen MR) is 98.8 cm³/mol. The second-order valence-electron chi connectivity index (χ2n) is 7.90. The van der Waals surface area contributed by atoms with Gasteiger partial charge in [0.05, 0.1) is 6.54 Å². The van der Waals surface area contributed by atoms with Crippen LogP contribution in [0.15, 0.2) is 42.7 Å². The number of para-hydroxylation sites is 1. The molecule has 26 heavy (non-hydrogen) atoms. The second kappa shape index (κ2) is 6.67. The molecule has 140 valence electrons. The highest BCUT2D eigenvalue weighted by Gasteiger charge is 2.46. The van der Waals surface area contributed by atoms with E-state index in [0.29, 0.717) is 32.5 Å². The van der Waals surface area contributed by atoms with Crippen LogP contribution in [0.3, 0.4) is 0 Å². The summed E-state index contributed by atoms with van der Waals surface area (Å²) in [5, 5.41) is 0. The molecule has 1 spiro atoms. The topological polar surface area (TPSA) is 59.1 Å². The molecule has 6 nitrogen and oxygen atoms in total. The summed E-state index contributed by atoms with van der Waals surface area (Å²) in [6, 6.07) is 9.52. The average Bonchev–Trinajstić information content (AvgIpc) is 2.58. The largest absolute Gasteiger partial charge is 0.480 e. The van der Waals surface area contributed by atoms with Crippen LogP contribution in [0.25, 0.3) is 0 Å². The minimum atomic E-state index is -0.516. The van der Waals surface area contributed by atoms with Gasteiger partial charge in [-0.25, -0.2) is 4.79 Å². The molecule has 0 aromatic heterocycles. The SMILES string of the molecule is C=C1OC2(CCN(C(=O)OC(C)(C)C)CC2)CN(c2ccccc2)C1=O. The van der Waals surface area contributed by atoms with E-state index in [1.165, 1.54) is 0 Å². The van der Waals surface area contributed by atoms with Crippen LogP contribution < -0.4 is 4.90 Å². The third-order valence-corrected chi connectivity index (χ3v) is 4.66. The number of piperidine rings is 1. The van der Waals surface area contributed by atoms with Gasteiger partial charge in [-0.2, -0.15) is 0 Å². The van der Waals surface area contributed by atoms with Crippen molar-refractivity contribution in [1.29, 1.82) is 0 Å². The van der Waals surface area contributed by atoms with E-state index < -0.39 is 11.2 Å². The first kappa shape index (κ1) is 18.3. The van der Waals surface area contributed by atoms with E-state index in [0.717, 1.165) is 5.69 Å². The van der Waals surface area contributed by atoms with Crippen molar-refractivity contribution in [2.45, 2.75) is 44.8 Å². The smallest absolute Gasteiger partial charge is 0.410 e. The molecule has 0 N–H and O–H groups in total. The molecule has 6 heteroatoms. The van der Waals surface area contributed by atoms with Gasteiger partial charge in [0.1, 0.15) is 11.2 Å². The molecule has 0 radical (unpaired) electrons. The first-order valence-corrected chi connectivity index (χ1v) is 8.92. The van der Waals surface area contributed by atoms with Crippen molar-refractivity contribution in [1.82, 2.24) is 4.90 Å². The van der Waals surface area contributed by atoms with Crippen LogP contribution in [0.5, 0.6) is 0 Å². The summed E-state index contributed by atoms with van der Waals surface area (Å²) in [6.45, 7) is 10.9. The Morgan fingerprint density at radius 3 is 2.38 bits per heavy atom. The molecule has 2 saturated heterocycles. The van der Waals surface area contributed by atoms with Crippen LogP contribution >= 0.6 is 0 Å². The Morgan fingerprint density at radius 1 is 1.19 bits per heavy atom. The highest BCUT2D eigenvalue weighted by molar-refractivity contribution is 6.04. The number of ether oxygens (including phenoxy) is 2. The molecule has 0 bridgehead atoms. The molecular formula is C20H26N2O4. The van der Waals surface area contributed by atoms with E-state index in [2.05, 4.69) is 6.58 Å². The van der Waals surface area contributed by atoms with Crippen molar-refractivity contribution in [2.75, 3.05) is 24.5 Å². The Hall–Kier alpha value is -2.50. The quantitative estimate of drug-likeness (QED) is 0.723. The third-order valence-electron chi connectivity index (χ3n) is 4.66. The molecule has 1 aromatic carbocycles. The Morgan fingerprint density at radius 2 is 1.81 bits per heavy atom. The van der Waals surface area contributed by atoms with E-state index in [-0.39, 0.29) is 17.8 Å². The lowest BCUT2D eigenvalue weighted by Gasteiger charge is -2.47. The minimum Gasteiger partial charge on any atom is -0.480 e. The summed E-state index contributed by atoms with van der Waals surface area (Å²) in [5.74, 6) is -0.0535. The number of morpholine rings is 1. The molecule has 2 amide bonds. The molecule has 2 aliphatic heterocycles. The first-order chi connectivity index (χ1) is 12.2. The van der Waals surface area contributed by atoms with Gasteiger partial charge in [-0.05, 0) is 32.9 Å². The van der Waals surface area contributed by atoms with Gasteiger partial charge in [-0.1, -0.05) is 24.8 Å². The van der Waals surface area contributed by atoms with E-state index in [9.17, 15) is 9.59 Å². The van der Waals surface area contributed by atoms with Gasteiger partial charge in [0.2, 0.25) is 0 Å². The molecule has 2 aliphatic rings. The molecule has 2 fully saturated rings. The Bertz CT molecular complexity index is 700. The molecule has 0 atom stereocenters. The summed E-state index contributed by atoms with van der Waals surface area (Å²) in [4.78, 5) is 28.2. The summed E-state index contributed by atoms with van der Waals surface area (Å²) in [5.41, 5.74) is -0.201. The number of amides is 2. The van der Waals surface area contributed by atoms with Gasteiger partial charge < -0.3 is 19.3 Å². The molecule has 1 aromatic rings. The van der Waals surface area contributed by atoms with Crippen LogP contribution in [0, 0.1) is 0 Å². The van der Waals surface area contributed by atoms with Gasteiger partial charge in [0, 0.05) is 31.6 Å². The fourth-order valence-corrected chi connectivity index (χ4v) is 3.35. The number of carbonyl (C=O) groups is 2. The van der Waals surface area contributed by atoms with Crippen LogP contribution in [-0.4, -0.2) is 47.7 Å². The van der Waals surface area contributed by atoms with Gasteiger partial charge >= 0.3 is 6.09 Å². The van der Waals surface area contributed by atoms with Gasteiger partial charge in [-0.3, -0.25) is 4.79 Å². The zero-order chi connectivity index (χ0) is 18.9. The summed E-state index contributed by atoms with van der Waals surface area (Å²) >= 11 is 0. The minimum absolute atomic E-state index is 0.158. The Kier molecular flexibility index (Phi) is 4.69. The zero-order valence-corrected chi connectivity index (χ0v) is 15.7. The van der Waals surface area contributed by atoms with Crippen LogP contribution in [0.2, 0.25) is 0 Å². The number of anilines is 1. The lowest BCUT2D eigenvalue weighted by Crippen LogP contribution is -2.58. The number of benzene rings is 1. The highest BCUT2D eigenvalue weighted by atomic mass is 16.6. The number of carbonyl (C=O) groups excluding carboxylic acids is 2. The highest BCUT2D eigenvalue weighted by Crippen LogP contribution is 2.36. The summed E-state index contributed by atoms with van der Waals surface area (Å²) < 4.78 is 11.4. The van der Waals surface area contributed by atoms with Crippen molar-refractivity contribution in [3.05, 3.63) is 42.7 Å². The normalized spacial score (nSPS) is 20.1. The molecular weight excluding hydrogens is 332 g/mol. The second-order valence-corrected chi connectivity index (χ2v) is 7.90.